The second-order valence-corrected chi connectivity index (χ2v) is 9.00. The molecule has 6 nitrogen and oxygen atoms in total. The van der Waals surface area contributed by atoms with Crippen molar-refractivity contribution in [3.8, 4) is 5.75 Å². The van der Waals surface area contributed by atoms with Gasteiger partial charge in [0.2, 0.25) is 0 Å². The molecule has 0 radical (unpaired) electrons. The molecule has 3 heterocycles. The summed E-state index contributed by atoms with van der Waals surface area (Å²) < 4.78 is 9.47. The zero-order valence-corrected chi connectivity index (χ0v) is 18.2. The van der Waals surface area contributed by atoms with Crippen molar-refractivity contribution in [2.45, 2.75) is 45.3 Å². The highest BCUT2D eigenvalue weighted by Gasteiger charge is 2.22. The molecule has 0 saturated carbocycles. The van der Waals surface area contributed by atoms with Gasteiger partial charge >= 0.3 is 0 Å². The fourth-order valence-electron chi connectivity index (χ4n) is 3.58. The number of hydrogen-bond acceptors (Lipinski definition) is 6. The Bertz CT molecular complexity index is 1060. The molecule has 1 aliphatic heterocycles. The van der Waals surface area contributed by atoms with Crippen LogP contribution in [0.1, 0.15) is 32.0 Å². The van der Waals surface area contributed by atoms with E-state index in [4.69, 9.17) is 9.72 Å². The third-order valence-corrected chi connectivity index (χ3v) is 6.76. The predicted octanol–water partition coefficient (Wildman–Crippen LogP) is 3.45. The summed E-state index contributed by atoms with van der Waals surface area (Å²) in [5.41, 5.74) is 0.0391. The Morgan fingerprint density at radius 1 is 1.46 bits per heavy atom. The van der Waals surface area contributed by atoms with E-state index >= 15 is 0 Å². The lowest BCUT2D eigenvalue weighted by molar-refractivity contribution is 0.107. The molecule has 0 fully saturated rings. The van der Waals surface area contributed by atoms with Crippen molar-refractivity contribution < 1.29 is 9.84 Å². The monoisotopic (exact) mass is 465 g/mol. The molecule has 1 aromatic carbocycles. The number of rotatable bonds is 8. The Kier molecular flexibility index (Phi) is 6.01. The number of hydrogen-bond donors (Lipinski definition) is 2. The number of aryl methyl sites for hydroxylation is 1. The third kappa shape index (κ3) is 3.70. The number of aliphatic hydroxyl groups excluding tert-OH is 1. The van der Waals surface area contributed by atoms with Crippen LogP contribution < -0.4 is 15.6 Å². The standard InChI is InChI=1S/C20H24BrN3O3S/c1-2-3-8-22-10-12(25)11-27-17-14(21)7-6-13-16-19(28-18(13)17)23-15-5-4-9-24(15)20(16)26/h6-7,12,22,25H,2-5,8-11H2,1H3. The number of benzene rings is 1. The van der Waals surface area contributed by atoms with E-state index in [1.165, 1.54) is 11.3 Å². The maximum absolute atomic E-state index is 13.0. The minimum atomic E-state index is -0.596. The van der Waals surface area contributed by atoms with Crippen molar-refractivity contribution in [3.05, 3.63) is 32.8 Å². The molecule has 0 saturated heterocycles. The fourth-order valence-corrected chi connectivity index (χ4v) is 5.34. The lowest BCUT2D eigenvalue weighted by Gasteiger charge is -2.14. The maximum Gasteiger partial charge on any atom is 0.262 e. The third-order valence-electron chi connectivity index (χ3n) is 5.04. The molecule has 0 amide bonds. The van der Waals surface area contributed by atoms with Crippen LogP contribution in [0.2, 0.25) is 0 Å². The summed E-state index contributed by atoms with van der Waals surface area (Å²) in [6.07, 6.45) is 3.44. The van der Waals surface area contributed by atoms with Crippen LogP contribution in [0.3, 0.4) is 0 Å². The highest BCUT2D eigenvalue weighted by atomic mass is 79.9. The molecular weight excluding hydrogens is 442 g/mol. The number of unbranched alkanes of at least 4 members (excludes halogenated alkanes) is 1. The van der Waals surface area contributed by atoms with Crippen LogP contribution in [-0.4, -0.2) is 40.5 Å². The second-order valence-electron chi connectivity index (χ2n) is 7.15. The van der Waals surface area contributed by atoms with Gasteiger partial charge in [0.25, 0.3) is 5.56 Å². The van der Waals surface area contributed by atoms with E-state index in [0.29, 0.717) is 17.7 Å². The second kappa shape index (κ2) is 8.49. The molecule has 0 aliphatic carbocycles. The lowest BCUT2D eigenvalue weighted by atomic mass is 10.2. The van der Waals surface area contributed by atoms with Crippen LogP contribution >= 0.6 is 27.3 Å². The van der Waals surface area contributed by atoms with Crippen molar-refractivity contribution in [1.29, 1.82) is 0 Å². The Morgan fingerprint density at radius 3 is 3.14 bits per heavy atom. The van der Waals surface area contributed by atoms with E-state index in [0.717, 1.165) is 64.0 Å². The highest BCUT2D eigenvalue weighted by molar-refractivity contribution is 9.10. The summed E-state index contributed by atoms with van der Waals surface area (Å²) in [4.78, 5) is 18.4. The number of thiophene rings is 1. The molecule has 4 rings (SSSR count). The van der Waals surface area contributed by atoms with Gasteiger partial charge in [0.1, 0.15) is 23.4 Å². The summed E-state index contributed by atoms with van der Waals surface area (Å²) in [5.74, 6) is 1.54. The van der Waals surface area contributed by atoms with Gasteiger partial charge in [0.15, 0.2) is 5.75 Å². The van der Waals surface area contributed by atoms with E-state index in [9.17, 15) is 9.90 Å². The maximum atomic E-state index is 13.0. The fraction of sp³-hybridized carbons (Fsp3) is 0.500. The van der Waals surface area contributed by atoms with Crippen molar-refractivity contribution in [3.63, 3.8) is 0 Å². The topological polar surface area (TPSA) is 76.4 Å². The molecule has 0 spiro atoms. The quantitative estimate of drug-likeness (QED) is 0.498. The minimum absolute atomic E-state index is 0.0391. The Morgan fingerprint density at radius 2 is 2.32 bits per heavy atom. The number of halogens is 1. The van der Waals surface area contributed by atoms with Crippen LogP contribution in [0.5, 0.6) is 5.75 Å². The number of aliphatic hydroxyl groups is 1. The number of nitrogens with zero attached hydrogens (tertiary/aromatic N) is 2. The zero-order valence-electron chi connectivity index (χ0n) is 15.8. The predicted molar refractivity (Wildman–Crippen MR) is 117 cm³/mol. The van der Waals surface area contributed by atoms with Crippen molar-refractivity contribution in [2.24, 2.45) is 0 Å². The number of fused-ring (bicyclic) bond motifs is 4. The Labute approximate surface area is 175 Å². The summed E-state index contributed by atoms with van der Waals surface area (Å²) in [6, 6.07) is 3.84. The van der Waals surface area contributed by atoms with E-state index in [-0.39, 0.29) is 12.2 Å². The van der Waals surface area contributed by atoms with Gasteiger partial charge < -0.3 is 15.2 Å². The van der Waals surface area contributed by atoms with Crippen molar-refractivity contribution in [1.82, 2.24) is 14.9 Å². The lowest BCUT2D eigenvalue weighted by Crippen LogP contribution is -2.32. The van der Waals surface area contributed by atoms with Crippen molar-refractivity contribution in [2.75, 3.05) is 19.7 Å². The molecule has 2 N–H and O–H groups in total. The first-order valence-corrected chi connectivity index (χ1v) is 11.4. The molecule has 28 heavy (non-hydrogen) atoms. The minimum Gasteiger partial charge on any atom is -0.488 e. The van der Waals surface area contributed by atoms with E-state index in [1.807, 2.05) is 12.1 Å². The summed E-state index contributed by atoms with van der Waals surface area (Å²) in [7, 11) is 0. The van der Waals surface area contributed by atoms with Gasteiger partial charge in [-0.3, -0.25) is 9.36 Å². The van der Waals surface area contributed by atoms with Gasteiger partial charge in [-0.2, -0.15) is 0 Å². The van der Waals surface area contributed by atoms with Crippen LogP contribution in [0.15, 0.2) is 21.4 Å². The van der Waals surface area contributed by atoms with Gasteiger partial charge in [-0.1, -0.05) is 19.4 Å². The SMILES string of the molecule is CCCCNCC(O)COc1c(Br)ccc2c1sc1nc3n(c(=O)c12)CCC3. The molecule has 1 unspecified atom stereocenters. The highest BCUT2D eigenvalue weighted by Crippen LogP contribution is 2.41. The van der Waals surface area contributed by atoms with E-state index in [2.05, 4.69) is 28.2 Å². The van der Waals surface area contributed by atoms with Crippen LogP contribution in [0.4, 0.5) is 0 Å². The van der Waals surface area contributed by atoms with Crippen LogP contribution in [0, 0.1) is 0 Å². The molecule has 0 bridgehead atoms. The van der Waals surface area contributed by atoms with Gasteiger partial charge in [0, 0.05) is 24.9 Å². The summed E-state index contributed by atoms with van der Waals surface area (Å²) >= 11 is 5.03. The molecule has 1 atom stereocenters. The van der Waals surface area contributed by atoms with Gasteiger partial charge in [-0.25, -0.2) is 4.98 Å². The normalized spacial score (nSPS) is 14.7. The first-order valence-electron chi connectivity index (χ1n) is 9.76. The van der Waals surface area contributed by atoms with E-state index < -0.39 is 6.10 Å². The largest absolute Gasteiger partial charge is 0.488 e. The first-order chi connectivity index (χ1) is 13.6. The number of aromatic nitrogens is 2. The zero-order chi connectivity index (χ0) is 19.7. The molecule has 3 aromatic rings. The van der Waals surface area contributed by atoms with Gasteiger partial charge in [-0.05, 0) is 41.4 Å². The molecule has 150 valence electrons. The van der Waals surface area contributed by atoms with Crippen LogP contribution in [0.25, 0.3) is 20.3 Å². The van der Waals surface area contributed by atoms with E-state index in [1.54, 1.807) is 4.57 Å². The number of nitrogens with one attached hydrogen (secondary N) is 1. The summed E-state index contributed by atoms with van der Waals surface area (Å²) in [6.45, 7) is 4.46. The summed E-state index contributed by atoms with van der Waals surface area (Å²) in [5, 5.41) is 15.0. The average molecular weight is 466 g/mol. The van der Waals surface area contributed by atoms with Gasteiger partial charge in [0.05, 0.1) is 14.6 Å². The molecule has 2 aromatic heterocycles. The number of ether oxygens (including phenoxy) is 1. The Hall–Kier alpha value is -1.48. The van der Waals surface area contributed by atoms with Gasteiger partial charge in [-0.15, -0.1) is 11.3 Å². The average Bonchev–Trinajstić information content (AvgIpc) is 3.29. The Balaban J connectivity index is 1.63. The van der Waals surface area contributed by atoms with Crippen LogP contribution in [-0.2, 0) is 13.0 Å². The molecular formula is C20H24BrN3O3S. The molecule has 1 aliphatic rings. The molecule has 8 heteroatoms. The smallest absolute Gasteiger partial charge is 0.262 e. The first kappa shape index (κ1) is 19.8. The van der Waals surface area contributed by atoms with Crippen molar-refractivity contribution >= 4 is 47.6 Å².